The molecule has 9 heteroatoms. The lowest BCUT2D eigenvalue weighted by atomic mass is 9.86. The molecule has 0 radical (unpaired) electrons. The van der Waals surface area contributed by atoms with Crippen molar-refractivity contribution in [2.24, 2.45) is 0 Å². The second-order valence-electron chi connectivity index (χ2n) is 7.42. The van der Waals surface area contributed by atoms with E-state index in [1.54, 1.807) is 12.1 Å². The maximum atomic E-state index is 12.0. The summed E-state index contributed by atoms with van der Waals surface area (Å²) in [5.74, 6) is 0. The van der Waals surface area contributed by atoms with Gasteiger partial charge in [0.1, 0.15) is 10.6 Å². The number of ether oxygens (including phenoxy) is 1. The zero-order chi connectivity index (χ0) is 19.5. The van der Waals surface area contributed by atoms with Crippen molar-refractivity contribution in [1.82, 2.24) is 4.90 Å². The maximum Gasteiger partial charge on any atom is 0.310 e. The van der Waals surface area contributed by atoms with Crippen LogP contribution in [0, 0.1) is 10.1 Å². The average molecular weight is 397 g/mol. The van der Waals surface area contributed by atoms with E-state index in [2.05, 4.69) is 10.2 Å². The van der Waals surface area contributed by atoms with E-state index >= 15 is 0 Å². The summed E-state index contributed by atoms with van der Waals surface area (Å²) in [6.07, 6.45) is 6.27. The molecular formula is C18H27N3O5S. The van der Waals surface area contributed by atoms with E-state index < -0.39 is 14.8 Å². The minimum absolute atomic E-state index is 0.117. The van der Waals surface area contributed by atoms with Gasteiger partial charge in [0.2, 0.25) is 0 Å². The highest BCUT2D eigenvalue weighted by Crippen LogP contribution is 2.35. The molecule has 0 saturated carbocycles. The van der Waals surface area contributed by atoms with Gasteiger partial charge in [-0.1, -0.05) is 12.5 Å². The Hall–Kier alpha value is -1.71. The van der Waals surface area contributed by atoms with E-state index in [-0.39, 0.29) is 21.8 Å². The van der Waals surface area contributed by atoms with Crippen LogP contribution in [0.2, 0.25) is 0 Å². The van der Waals surface area contributed by atoms with Gasteiger partial charge in [-0.05, 0) is 50.9 Å². The van der Waals surface area contributed by atoms with Gasteiger partial charge in [-0.25, -0.2) is 8.42 Å². The average Bonchev–Trinajstić information content (AvgIpc) is 2.66. The molecule has 0 aliphatic carbocycles. The van der Waals surface area contributed by atoms with Gasteiger partial charge >= 0.3 is 5.69 Å². The Morgan fingerprint density at radius 2 is 1.89 bits per heavy atom. The first-order chi connectivity index (χ1) is 12.8. The summed E-state index contributed by atoms with van der Waals surface area (Å²) in [5.41, 5.74) is -0.236. The van der Waals surface area contributed by atoms with Gasteiger partial charge in [-0.15, -0.1) is 0 Å². The van der Waals surface area contributed by atoms with Crippen LogP contribution in [0.3, 0.4) is 0 Å². The standard InChI is InChI=1S/C18H27N3O5S/c1-27(24,25)16-7-5-6-15(17(16)21(22)23)19-14-18(8-12-26-13-9-18)20-10-3-2-4-11-20/h5-7,19H,2-4,8-14H2,1H3. The van der Waals surface area contributed by atoms with Crippen molar-refractivity contribution >= 4 is 21.2 Å². The number of nitrogens with zero attached hydrogens (tertiary/aromatic N) is 2. The minimum Gasteiger partial charge on any atom is -0.381 e. The number of hydrogen-bond acceptors (Lipinski definition) is 7. The molecule has 0 unspecified atom stereocenters. The number of benzene rings is 1. The molecule has 2 fully saturated rings. The number of sulfone groups is 1. The molecule has 150 valence electrons. The SMILES string of the molecule is CS(=O)(=O)c1cccc(NCC2(N3CCCCC3)CCOCC2)c1[N+](=O)[O-]. The number of likely N-dealkylation sites (tertiary alicyclic amines) is 1. The number of rotatable bonds is 6. The summed E-state index contributed by atoms with van der Waals surface area (Å²) in [5, 5.41) is 14.8. The molecule has 27 heavy (non-hydrogen) atoms. The fourth-order valence-electron chi connectivity index (χ4n) is 4.14. The normalized spacial score (nSPS) is 20.9. The second-order valence-corrected chi connectivity index (χ2v) is 9.40. The number of nitrogens with one attached hydrogen (secondary N) is 1. The van der Waals surface area contributed by atoms with Gasteiger partial charge in [-0.3, -0.25) is 15.0 Å². The van der Waals surface area contributed by atoms with Gasteiger partial charge in [-0.2, -0.15) is 0 Å². The third-order valence-corrected chi connectivity index (χ3v) is 6.77. The van der Waals surface area contributed by atoms with E-state index in [4.69, 9.17) is 4.74 Å². The van der Waals surface area contributed by atoms with Crippen LogP contribution in [-0.2, 0) is 14.6 Å². The zero-order valence-corrected chi connectivity index (χ0v) is 16.5. The Labute approximate surface area is 160 Å². The van der Waals surface area contributed by atoms with E-state index in [1.165, 1.54) is 12.5 Å². The Kier molecular flexibility index (Phi) is 6.02. The highest BCUT2D eigenvalue weighted by molar-refractivity contribution is 7.90. The van der Waals surface area contributed by atoms with Gasteiger partial charge in [0.25, 0.3) is 0 Å². The van der Waals surface area contributed by atoms with Gasteiger partial charge in [0, 0.05) is 31.6 Å². The molecule has 0 amide bonds. The Morgan fingerprint density at radius 3 is 2.48 bits per heavy atom. The number of hydrogen-bond donors (Lipinski definition) is 1. The van der Waals surface area contributed by atoms with Crippen molar-refractivity contribution < 1.29 is 18.1 Å². The lowest BCUT2D eigenvalue weighted by Crippen LogP contribution is -2.57. The second kappa shape index (κ2) is 8.12. The first-order valence-corrected chi connectivity index (χ1v) is 11.3. The highest BCUT2D eigenvalue weighted by Gasteiger charge is 2.39. The van der Waals surface area contributed by atoms with E-state index in [0.29, 0.717) is 19.8 Å². The lowest BCUT2D eigenvalue weighted by molar-refractivity contribution is -0.386. The number of piperidine rings is 1. The molecule has 2 saturated heterocycles. The number of nitro benzene ring substituents is 1. The van der Waals surface area contributed by atoms with Crippen molar-refractivity contribution in [3.8, 4) is 0 Å². The predicted molar refractivity (Wildman–Crippen MR) is 103 cm³/mol. The summed E-state index contributed by atoms with van der Waals surface area (Å²) in [6, 6.07) is 4.41. The molecule has 1 aromatic rings. The summed E-state index contributed by atoms with van der Waals surface area (Å²) in [7, 11) is -3.69. The molecular weight excluding hydrogens is 370 g/mol. The summed E-state index contributed by atoms with van der Waals surface area (Å²) >= 11 is 0. The van der Waals surface area contributed by atoms with Crippen molar-refractivity contribution in [1.29, 1.82) is 0 Å². The molecule has 0 atom stereocenters. The molecule has 1 aromatic carbocycles. The molecule has 3 rings (SSSR count). The molecule has 1 N–H and O–H groups in total. The van der Waals surface area contributed by atoms with Crippen LogP contribution in [0.4, 0.5) is 11.4 Å². The number of nitro groups is 1. The van der Waals surface area contributed by atoms with Crippen molar-refractivity contribution in [2.45, 2.75) is 42.5 Å². The Bertz CT molecular complexity index is 784. The molecule has 2 aliphatic heterocycles. The zero-order valence-electron chi connectivity index (χ0n) is 15.6. The summed E-state index contributed by atoms with van der Waals surface area (Å²) in [6.45, 7) is 3.91. The van der Waals surface area contributed by atoms with E-state index in [9.17, 15) is 18.5 Å². The van der Waals surface area contributed by atoms with Crippen LogP contribution in [0.5, 0.6) is 0 Å². The molecule has 2 aliphatic rings. The van der Waals surface area contributed by atoms with Crippen LogP contribution < -0.4 is 5.32 Å². The summed E-state index contributed by atoms with van der Waals surface area (Å²) < 4.78 is 29.5. The van der Waals surface area contributed by atoms with Crippen LogP contribution >= 0.6 is 0 Å². The largest absolute Gasteiger partial charge is 0.381 e. The van der Waals surface area contributed by atoms with Crippen molar-refractivity contribution in [2.75, 3.05) is 44.4 Å². The predicted octanol–water partition coefficient (Wildman–Crippen LogP) is 2.45. The van der Waals surface area contributed by atoms with E-state index in [0.717, 1.165) is 45.0 Å². The fraction of sp³-hybridized carbons (Fsp3) is 0.667. The van der Waals surface area contributed by atoms with E-state index in [1.807, 2.05) is 0 Å². The van der Waals surface area contributed by atoms with Crippen molar-refractivity contribution in [3.05, 3.63) is 28.3 Å². The molecule has 0 aromatic heterocycles. The third kappa shape index (κ3) is 4.41. The quantitative estimate of drug-likeness (QED) is 0.581. The molecule has 8 nitrogen and oxygen atoms in total. The highest BCUT2D eigenvalue weighted by atomic mass is 32.2. The third-order valence-electron chi connectivity index (χ3n) is 5.64. The van der Waals surface area contributed by atoms with Crippen LogP contribution in [0.1, 0.15) is 32.1 Å². The van der Waals surface area contributed by atoms with Crippen LogP contribution in [0.25, 0.3) is 0 Å². The van der Waals surface area contributed by atoms with Crippen LogP contribution in [0.15, 0.2) is 23.1 Å². The first-order valence-electron chi connectivity index (χ1n) is 9.38. The molecule has 2 heterocycles. The maximum absolute atomic E-state index is 12.0. The van der Waals surface area contributed by atoms with Gasteiger partial charge in [0.05, 0.1) is 4.92 Å². The summed E-state index contributed by atoms with van der Waals surface area (Å²) in [4.78, 5) is 13.2. The minimum atomic E-state index is -3.69. The Morgan fingerprint density at radius 1 is 1.22 bits per heavy atom. The number of para-hydroxylation sites is 1. The smallest absolute Gasteiger partial charge is 0.310 e. The van der Waals surface area contributed by atoms with Gasteiger partial charge in [0.15, 0.2) is 9.84 Å². The topological polar surface area (TPSA) is 102 Å². The van der Waals surface area contributed by atoms with Gasteiger partial charge < -0.3 is 10.1 Å². The Balaban J connectivity index is 1.88. The molecule has 0 bridgehead atoms. The fourth-order valence-corrected chi connectivity index (χ4v) is 5.00. The molecule has 0 spiro atoms. The monoisotopic (exact) mass is 397 g/mol. The van der Waals surface area contributed by atoms with Crippen molar-refractivity contribution in [3.63, 3.8) is 0 Å². The number of anilines is 1. The lowest BCUT2D eigenvalue weighted by Gasteiger charge is -2.48. The van der Waals surface area contributed by atoms with Crippen LogP contribution in [-0.4, -0.2) is 62.9 Å². The first kappa shape index (κ1) is 20.0.